The molecule has 2 saturated carbocycles. The van der Waals surface area contributed by atoms with Crippen molar-refractivity contribution < 1.29 is 0 Å². The molecule has 0 spiro atoms. The molecule has 2 rings (SSSR count). The Balaban J connectivity index is 1.81. The van der Waals surface area contributed by atoms with Crippen LogP contribution in [-0.4, -0.2) is 37.1 Å². The normalized spacial score (nSPS) is 38.0. The fourth-order valence-electron chi connectivity index (χ4n) is 4.23. The van der Waals surface area contributed by atoms with Gasteiger partial charge in [0.1, 0.15) is 5.54 Å². The second kappa shape index (κ2) is 6.91. The third-order valence-electron chi connectivity index (χ3n) is 5.91. The molecule has 0 aromatic carbocycles. The topological polar surface area (TPSA) is 39.1 Å². The van der Waals surface area contributed by atoms with E-state index in [1.54, 1.807) is 0 Å². The zero-order chi connectivity index (χ0) is 14.6. The molecule has 2 unspecified atom stereocenters. The summed E-state index contributed by atoms with van der Waals surface area (Å²) < 4.78 is 0. The Labute approximate surface area is 124 Å². The lowest BCUT2D eigenvalue weighted by Gasteiger charge is -2.35. The van der Waals surface area contributed by atoms with Crippen molar-refractivity contribution in [2.45, 2.75) is 69.9 Å². The van der Waals surface area contributed by atoms with E-state index in [-0.39, 0.29) is 5.54 Å². The van der Waals surface area contributed by atoms with Gasteiger partial charge >= 0.3 is 0 Å². The van der Waals surface area contributed by atoms with Crippen molar-refractivity contribution in [1.82, 2.24) is 10.2 Å². The Morgan fingerprint density at radius 1 is 1.25 bits per heavy atom. The first-order valence-corrected chi connectivity index (χ1v) is 8.41. The molecule has 2 aliphatic rings. The Bertz CT molecular complexity index is 341. The Morgan fingerprint density at radius 3 is 2.55 bits per heavy atom. The van der Waals surface area contributed by atoms with Gasteiger partial charge in [0, 0.05) is 6.04 Å². The number of nitriles is 1. The highest BCUT2D eigenvalue weighted by Crippen LogP contribution is 2.37. The molecule has 114 valence electrons. The van der Waals surface area contributed by atoms with Gasteiger partial charge in [0.05, 0.1) is 6.07 Å². The van der Waals surface area contributed by atoms with Crippen LogP contribution in [-0.2, 0) is 0 Å². The molecule has 0 aliphatic heterocycles. The summed E-state index contributed by atoms with van der Waals surface area (Å²) in [6.07, 6.45) is 10.1. The van der Waals surface area contributed by atoms with E-state index in [9.17, 15) is 5.26 Å². The van der Waals surface area contributed by atoms with Gasteiger partial charge in [0.25, 0.3) is 0 Å². The first-order valence-electron chi connectivity index (χ1n) is 8.41. The van der Waals surface area contributed by atoms with Gasteiger partial charge in [-0.15, -0.1) is 0 Å². The van der Waals surface area contributed by atoms with Crippen LogP contribution in [0.1, 0.15) is 58.3 Å². The van der Waals surface area contributed by atoms with Crippen molar-refractivity contribution in [2.24, 2.45) is 11.8 Å². The molecule has 20 heavy (non-hydrogen) atoms. The molecular weight excluding hydrogens is 246 g/mol. The van der Waals surface area contributed by atoms with Crippen LogP contribution in [0.25, 0.3) is 0 Å². The van der Waals surface area contributed by atoms with E-state index in [4.69, 9.17) is 0 Å². The molecule has 2 atom stereocenters. The first-order chi connectivity index (χ1) is 9.61. The molecule has 0 amide bonds. The molecule has 0 bridgehead atoms. The number of hydrogen-bond donors (Lipinski definition) is 1. The van der Waals surface area contributed by atoms with Gasteiger partial charge < -0.3 is 10.2 Å². The smallest absolute Gasteiger partial charge is 0.109 e. The van der Waals surface area contributed by atoms with E-state index < -0.39 is 0 Å². The molecule has 3 nitrogen and oxygen atoms in total. The molecule has 0 aromatic rings. The van der Waals surface area contributed by atoms with Gasteiger partial charge in [0.15, 0.2) is 0 Å². The predicted molar refractivity (Wildman–Crippen MR) is 83.4 cm³/mol. The van der Waals surface area contributed by atoms with E-state index in [0.29, 0.717) is 5.92 Å². The van der Waals surface area contributed by atoms with Gasteiger partial charge in [-0.2, -0.15) is 5.26 Å². The third kappa shape index (κ3) is 3.35. The SMILES string of the molecule is CNC1(C#N)CCCC1CCN(C)C1CCC(C)CC1. The minimum Gasteiger partial charge on any atom is -0.303 e. The van der Waals surface area contributed by atoms with E-state index in [1.165, 1.54) is 38.5 Å². The van der Waals surface area contributed by atoms with Crippen LogP contribution >= 0.6 is 0 Å². The zero-order valence-corrected chi connectivity index (χ0v) is 13.5. The Hall–Kier alpha value is -0.590. The molecule has 0 heterocycles. The average molecular weight is 277 g/mol. The zero-order valence-electron chi connectivity index (χ0n) is 13.5. The lowest BCUT2D eigenvalue weighted by Crippen LogP contribution is -2.46. The lowest BCUT2D eigenvalue weighted by atomic mass is 9.84. The summed E-state index contributed by atoms with van der Waals surface area (Å²) in [6.45, 7) is 3.53. The monoisotopic (exact) mass is 277 g/mol. The number of nitrogens with one attached hydrogen (secondary N) is 1. The van der Waals surface area contributed by atoms with E-state index in [1.807, 2.05) is 7.05 Å². The Morgan fingerprint density at radius 2 is 1.95 bits per heavy atom. The minimum absolute atomic E-state index is 0.248. The van der Waals surface area contributed by atoms with Crippen LogP contribution in [0.2, 0.25) is 0 Å². The highest BCUT2D eigenvalue weighted by molar-refractivity contribution is 5.13. The highest BCUT2D eigenvalue weighted by Gasteiger charge is 2.41. The maximum atomic E-state index is 9.50. The van der Waals surface area contributed by atoms with E-state index >= 15 is 0 Å². The van der Waals surface area contributed by atoms with E-state index in [2.05, 4.69) is 30.3 Å². The van der Waals surface area contributed by atoms with Gasteiger partial charge in [-0.1, -0.05) is 13.3 Å². The number of rotatable bonds is 5. The van der Waals surface area contributed by atoms with E-state index in [0.717, 1.165) is 31.3 Å². The summed E-state index contributed by atoms with van der Waals surface area (Å²) in [5.41, 5.74) is -0.248. The van der Waals surface area contributed by atoms with Crippen molar-refractivity contribution in [2.75, 3.05) is 20.6 Å². The van der Waals surface area contributed by atoms with Crippen molar-refractivity contribution in [3.63, 3.8) is 0 Å². The fraction of sp³-hybridized carbons (Fsp3) is 0.941. The summed E-state index contributed by atoms with van der Waals surface area (Å²) in [5, 5.41) is 12.8. The molecule has 2 aliphatic carbocycles. The predicted octanol–water partition coefficient (Wildman–Crippen LogP) is 3.17. The standard InChI is InChI=1S/C17H31N3/c1-14-6-8-16(9-7-14)20(3)12-10-15-5-4-11-17(15,13-18)19-2/h14-16,19H,4-12H2,1-3H3. The van der Waals surface area contributed by atoms with Crippen LogP contribution in [0.4, 0.5) is 0 Å². The van der Waals surface area contributed by atoms with Gasteiger partial charge in [-0.3, -0.25) is 0 Å². The van der Waals surface area contributed by atoms with Crippen LogP contribution < -0.4 is 5.32 Å². The van der Waals surface area contributed by atoms with Crippen LogP contribution in [0.5, 0.6) is 0 Å². The number of hydrogen-bond acceptors (Lipinski definition) is 3. The molecule has 0 radical (unpaired) electrons. The van der Waals surface area contributed by atoms with Gasteiger partial charge in [-0.25, -0.2) is 0 Å². The molecule has 0 aromatic heterocycles. The summed E-state index contributed by atoms with van der Waals surface area (Å²) in [6, 6.07) is 3.33. The largest absolute Gasteiger partial charge is 0.303 e. The molecule has 0 saturated heterocycles. The van der Waals surface area contributed by atoms with Crippen LogP contribution in [0.15, 0.2) is 0 Å². The van der Waals surface area contributed by atoms with Crippen molar-refractivity contribution in [3.05, 3.63) is 0 Å². The second-order valence-corrected chi connectivity index (χ2v) is 7.11. The summed E-state index contributed by atoms with van der Waals surface area (Å²) in [7, 11) is 4.23. The average Bonchev–Trinajstić information content (AvgIpc) is 2.89. The summed E-state index contributed by atoms with van der Waals surface area (Å²) in [4.78, 5) is 2.56. The van der Waals surface area contributed by atoms with Crippen molar-refractivity contribution in [3.8, 4) is 6.07 Å². The molecule has 2 fully saturated rings. The van der Waals surface area contributed by atoms with Crippen molar-refractivity contribution >= 4 is 0 Å². The summed E-state index contributed by atoms with van der Waals surface area (Å²) >= 11 is 0. The third-order valence-corrected chi connectivity index (χ3v) is 5.91. The molecular formula is C17H31N3. The lowest BCUT2D eigenvalue weighted by molar-refractivity contribution is 0.155. The minimum atomic E-state index is -0.248. The van der Waals surface area contributed by atoms with Gasteiger partial charge in [-0.05, 0) is 77.4 Å². The molecule has 1 N–H and O–H groups in total. The fourth-order valence-corrected chi connectivity index (χ4v) is 4.23. The van der Waals surface area contributed by atoms with Crippen LogP contribution in [0.3, 0.4) is 0 Å². The summed E-state index contributed by atoms with van der Waals surface area (Å²) in [5.74, 6) is 1.45. The molecule has 3 heteroatoms. The van der Waals surface area contributed by atoms with Gasteiger partial charge in [0.2, 0.25) is 0 Å². The second-order valence-electron chi connectivity index (χ2n) is 7.11. The maximum absolute atomic E-state index is 9.50. The Kier molecular flexibility index (Phi) is 5.46. The van der Waals surface area contributed by atoms with Crippen LogP contribution in [0, 0.1) is 23.2 Å². The number of nitrogens with zero attached hydrogens (tertiary/aromatic N) is 2. The first kappa shape index (κ1) is 15.8. The maximum Gasteiger partial charge on any atom is 0.109 e. The van der Waals surface area contributed by atoms with Crippen molar-refractivity contribution in [1.29, 1.82) is 5.26 Å². The highest BCUT2D eigenvalue weighted by atomic mass is 15.1. The quantitative estimate of drug-likeness (QED) is 0.839.